The number of hydrogen-bond acceptors (Lipinski definition) is 2. The maximum Gasteiger partial charge on any atom is 0.416 e. The number of hydrogen-bond donors (Lipinski definition) is 1. The van der Waals surface area contributed by atoms with E-state index < -0.39 is 11.7 Å². The zero-order valence-electron chi connectivity index (χ0n) is 12.3. The zero-order valence-corrected chi connectivity index (χ0v) is 12.3. The monoisotopic (exact) mass is 288 g/mol. The average Bonchev–Trinajstić information content (AvgIpc) is 2.35. The number of nitrogens with one attached hydrogen (secondary N) is 1. The van der Waals surface area contributed by atoms with Crippen LogP contribution in [-0.4, -0.2) is 38.1 Å². The summed E-state index contributed by atoms with van der Waals surface area (Å²) in [7, 11) is 3.99. The van der Waals surface area contributed by atoms with E-state index in [4.69, 9.17) is 0 Å². The highest BCUT2D eigenvalue weighted by Crippen LogP contribution is 2.29. The summed E-state index contributed by atoms with van der Waals surface area (Å²) in [5.41, 5.74) is 0.155. The molecule has 0 fully saturated rings. The summed E-state index contributed by atoms with van der Waals surface area (Å²) < 4.78 is 38.1. The first-order chi connectivity index (χ1) is 9.32. The van der Waals surface area contributed by atoms with Gasteiger partial charge in [0.1, 0.15) is 0 Å². The van der Waals surface area contributed by atoms with Gasteiger partial charge in [0.2, 0.25) is 0 Å². The van der Waals surface area contributed by atoms with Gasteiger partial charge in [-0.1, -0.05) is 25.1 Å². The molecule has 1 aromatic carbocycles. The molecule has 0 radical (unpaired) electrons. The van der Waals surface area contributed by atoms with E-state index in [9.17, 15) is 13.2 Å². The molecule has 0 aromatic heterocycles. The van der Waals surface area contributed by atoms with Crippen molar-refractivity contribution in [3.8, 4) is 0 Å². The number of nitrogens with zero attached hydrogens (tertiary/aromatic N) is 1. The van der Waals surface area contributed by atoms with Gasteiger partial charge in [0.05, 0.1) is 5.56 Å². The minimum atomic E-state index is -4.27. The Morgan fingerprint density at radius 2 is 1.95 bits per heavy atom. The summed E-state index contributed by atoms with van der Waals surface area (Å²) in [6.07, 6.45) is -2.74. The summed E-state index contributed by atoms with van der Waals surface area (Å²) in [6, 6.07) is 5.80. The predicted molar refractivity (Wildman–Crippen MR) is 75.8 cm³/mol. The smallest absolute Gasteiger partial charge is 0.314 e. The molecule has 0 heterocycles. The molecule has 0 bridgehead atoms. The van der Waals surface area contributed by atoms with Gasteiger partial charge in [-0.3, -0.25) is 0 Å². The Morgan fingerprint density at radius 3 is 2.50 bits per heavy atom. The van der Waals surface area contributed by atoms with Crippen molar-refractivity contribution in [2.45, 2.75) is 32.0 Å². The van der Waals surface area contributed by atoms with Crippen LogP contribution < -0.4 is 5.32 Å². The molecule has 1 N–H and O–H groups in total. The van der Waals surface area contributed by atoms with Crippen LogP contribution in [0.1, 0.15) is 24.5 Å². The van der Waals surface area contributed by atoms with Crippen LogP contribution in [0.25, 0.3) is 0 Å². The summed E-state index contributed by atoms with van der Waals surface area (Å²) in [4.78, 5) is 2.08. The van der Waals surface area contributed by atoms with E-state index in [1.807, 2.05) is 21.0 Å². The molecule has 114 valence electrons. The van der Waals surface area contributed by atoms with Gasteiger partial charge in [0, 0.05) is 6.04 Å². The van der Waals surface area contributed by atoms with Gasteiger partial charge in [-0.2, -0.15) is 13.2 Å². The zero-order chi connectivity index (χ0) is 15.2. The molecule has 5 heteroatoms. The Bertz CT molecular complexity index is 402. The van der Waals surface area contributed by atoms with Crippen molar-refractivity contribution < 1.29 is 13.2 Å². The van der Waals surface area contributed by atoms with Crippen molar-refractivity contribution >= 4 is 0 Å². The third kappa shape index (κ3) is 5.92. The molecule has 0 amide bonds. The number of rotatable bonds is 7. The van der Waals surface area contributed by atoms with Crippen molar-refractivity contribution in [1.29, 1.82) is 0 Å². The second kappa shape index (κ2) is 7.64. The standard InChI is InChI=1S/C15H23F3N2/c1-4-19-14(8-9-20(2)3)11-12-6-5-7-13(10-12)15(16,17)18/h5-7,10,14,19H,4,8-9,11H2,1-3H3. The molecule has 1 aromatic rings. The van der Waals surface area contributed by atoms with Crippen LogP contribution in [0.5, 0.6) is 0 Å². The molecule has 0 saturated carbocycles. The van der Waals surface area contributed by atoms with E-state index in [2.05, 4.69) is 10.2 Å². The van der Waals surface area contributed by atoms with Gasteiger partial charge in [-0.05, 0) is 51.7 Å². The topological polar surface area (TPSA) is 15.3 Å². The highest BCUT2D eigenvalue weighted by molar-refractivity contribution is 5.26. The quantitative estimate of drug-likeness (QED) is 0.829. The van der Waals surface area contributed by atoms with Crippen LogP contribution in [0.2, 0.25) is 0 Å². The molecule has 0 saturated heterocycles. The highest BCUT2D eigenvalue weighted by atomic mass is 19.4. The fraction of sp³-hybridized carbons (Fsp3) is 0.600. The molecule has 1 atom stereocenters. The van der Waals surface area contributed by atoms with Gasteiger partial charge in [-0.25, -0.2) is 0 Å². The van der Waals surface area contributed by atoms with Gasteiger partial charge in [0.25, 0.3) is 0 Å². The number of alkyl halides is 3. The lowest BCUT2D eigenvalue weighted by atomic mass is 10.0. The summed E-state index contributed by atoms with van der Waals surface area (Å²) in [5.74, 6) is 0. The van der Waals surface area contributed by atoms with Crippen molar-refractivity contribution in [1.82, 2.24) is 10.2 Å². The minimum absolute atomic E-state index is 0.200. The Hall–Kier alpha value is -1.07. The number of benzene rings is 1. The Balaban J connectivity index is 2.72. The molecular weight excluding hydrogens is 265 g/mol. The predicted octanol–water partition coefficient (Wildman–Crippen LogP) is 3.18. The molecule has 1 unspecified atom stereocenters. The van der Waals surface area contributed by atoms with E-state index >= 15 is 0 Å². The molecule has 20 heavy (non-hydrogen) atoms. The maximum absolute atomic E-state index is 12.7. The van der Waals surface area contributed by atoms with Crippen LogP contribution in [0, 0.1) is 0 Å². The van der Waals surface area contributed by atoms with E-state index in [1.165, 1.54) is 12.1 Å². The van der Waals surface area contributed by atoms with E-state index in [0.29, 0.717) is 6.42 Å². The normalized spacial score (nSPS) is 13.8. The number of halogens is 3. The lowest BCUT2D eigenvalue weighted by Crippen LogP contribution is -2.34. The van der Waals surface area contributed by atoms with Crippen LogP contribution >= 0.6 is 0 Å². The van der Waals surface area contributed by atoms with Crippen LogP contribution in [-0.2, 0) is 12.6 Å². The average molecular weight is 288 g/mol. The summed E-state index contributed by atoms with van der Waals surface area (Å²) >= 11 is 0. The first kappa shape index (κ1) is 17.0. The molecule has 1 rings (SSSR count). The fourth-order valence-corrected chi connectivity index (χ4v) is 2.14. The largest absolute Gasteiger partial charge is 0.416 e. The first-order valence-corrected chi connectivity index (χ1v) is 6.87. The second-order valence-electron chi connectivity index (χ2n) is 5.25. The summed E-state index contributed by atoms with van der Waals surface area (Å²) in [6.45, 7) is 3.74. The first-order valence-electron chi connectivity index (χ1n) is 6.87. The lowest BCUT2D eigenvalue weighted by Gasteiger charge is -2.20. The molecule has 0 spiro atoms. The summed E-state index contributed by atoms with van der Waals surface area (Å²) in [5, 5.41) is 3.34. The molecule has 0 aliphatic rings. The van der Waals surface area contributed by atoms with Gasteiger partial charge < -0.3 is 10.2 Å². The van der Waals surface area contributed by atoms with Crippen LogP contribution in [0.4, 0.5) is 13.2 Å². The SMILES string of the molecule is CCNC(CCN(C)C)Cc1cccc(C(F)(F)F)c1. The third-order valence-electron chi connectivity index (χ3n) is 3.15. The maximum atomic E-state index is 12.7. The fourth-order valence-electron chi connectivity index (χ4n) is 2.14. The Morgan fingerprint density at radius 1 is 1.25 bits per heavy atom. The third-order valence-corrected chi connectivity index (χ3v) is 3.15. The highest BCUT2D eigenvalue weighted by Gasteiger charge is 2.30. The van der Waals surface area contributed by atoms with E-state index in [1.54, 1.807) is 6.07 Å². The van der Waals surface area contributed by atoms with Crippen LogP contribution in [0.3, 0.4) is 0 Å². The van der Waals surface area contributed by atoms with Crippen LogP contribution in [0.15, 0.2) is 24.3 Å². The van der Waals surface area contributed by atoms with Gasteiger partial charge in [-0.15, -0.1) is 0 Å². The second-order valence-corrected chi connectivity index (χ2v) is 5.25. The van der Waals surface area contributed by atoms with Gasteiger partial charge in [0.15, 0.2) is 0 Å². The number of likely N-dealkylation sites (N-methyl/N-ethyl adjacent to an activating group) is 1. The van der Waals surface area contributed by atoms with Crippen molar-refractivity contribution in [2.75, 3.05) is 27.2 Å². The van der Waals surface area contributed by atoms with E-state index in [-0.39, 0.29) is 6.04 Å². The van der Waals surface area contributed by atoms with Crippen molar-refractivity contribution in [3.63, 3.8) is 0 Å². The lowest BCUT2D eigenvalue weighted by molar-refractivity contribution is -0.137. The molecule has 0 aliphatic carbocycles. The van der Waals surface area contributed by atoms with E-state index in [0.717, 1.165) is 31.1 Å². The van der Waals surface area contributed by atoms with Crippen molar-refractivity contribution in [2.24, 2.45) is 0 Å². The molecule has 2 nitrogen and oxygen atoms in total. The van der Waals surface area contributed by atoms with Crippen molar-refractivity contribution in [3.05, 3.63) is 35.4 Å². The minimum Gasteiger partial charge on any atom is -0.314 e. The molecular formula is C15H23F3N2. The Labute approximate surface area is 119 Å². The Kier molecular flexibility index (Phi) is 6.49. The molecule has 0 aliphatic heterocycles. The van der Waals surface area contributed by atoms with Gasteiger partial charge >= 0.3 is 6.18 Å².